The Morgan fingerprint density at radius 1 is 1.17 bits per heavy atom. The number of ether oxygens (including phenoxy) is 1. The number of benzene rings is 2. The first-order valence-electron chi connectivity index (χ1n) is 9.68. The SMILES string of the molecule is CCOC(=O)C[C@@H](Cc1ccc(-c2cccc(Cl)c2)cc1)NC(=O)c1cnc(C)s1. The summed E-state index contributed by atoms with van der Waals surface area (Å²) in [5.74, 6) is -0.565. The third-order valence-corrected chi connectivity index (χ3v) is 5.64. The van der Waals surface area contributed by atoms with E-state index in [0.717, 1.165) is 21.7 Å². The Labute approximate surface area is 185 Å². The quantitative estimate of drug-likeness (QED) is 0.495. The summed E-state index contributed by atoms with van der Waals surface area (Å²) in [7, 11) is 0. The molecule has 0 saturated heterocycles. The third kappa shape index (κ3) is 6.15. The van der Waals surface area contributed by atoms with Gasteiger partial charge in [-0.1, -0.05) is 48.0 Å². The van der Waals surface area contributed by atoms with Gasteiger partial charge in [0.05, 0.1) is 24.2 Å². The predicted octanol–water partition coefficient (Wildman–Crippen LogP) is 5.07. The van der Waals surface area contributed by atoms with Gasteiger partial charge in [0.1, 0.15) is 4.88 Å². The Morgan fingerprint density at radius 3 is 2.57 bits per heavy atom. The molecule has 0 saturated carbocycles. The summed E-state index contributed by atoms with van der Waals surface area (Å²) < 4.78 is 5.08. The molecule has 0 aliphatic carbocycles. The molecule has 0 fully saturated rings. The lowest BCUT2D eigenvalue weighted by atomic mass is 9.99. The Hall–Kier alpha value is -2.70. The molecule has 0 unspecified atom stereocenters. The van der Waals surface area contributed by atoms with Crippen molar-refractivity contribution in [3.05, 3.63) is 75.2 Å². The van der Waals surface area contributed by atoms with Crippen molar-refractivity contribution in [2.75, 3.05) is 6.61 Å². The summed E-state index contributed by atoms with van der Waals surface area (Å²) in [6.07, 6.45) is 2.17. The van der Waals surface area contributed by atoms with Crippen LogP contribution in [0.25, 0.3) is 11.1 Å². The highest BCUT2D eigenvalue weighted by atomic mass is 35.5. The van der Waals surface area contributed by atoms with E-state index in [2.05, 4.69) is 10.3 Å². The van der Waals surface area contributed by atoms with E-state index < -0.39 is 0 Å². The zero-order valence-corrected chi connectivity index (χ0v) is 18.4. The van der Waals surface area contributed by atoms with Crippen molar-refractivity contribution in [3.63, 3.8) is 0 Å². The van der Waals surface area contributed by atoms with Gasteiger partial charge in [-0.25, -0.2) is 4.98 Å². The fourth-order valence-corrected chi connectivity index (χ4v) is 3.98. The van der Waals surface area contributed by atoms with Crippen LogP contribution in [0.3, 0.4) is 0 Å². The molecule has 0 spiro atoms. The minimum absolute atomic E-state index is 0.105. The van der Waals surface area contributed by atoms with Crippen molar-refractivity contribution in [1.29, 1.82) is 0 Å². The van der Waals surface area contributed by atoms with Gasteiger partial charge in [0.2, 0.25) is 0 Å². The molecule has 5 nitrogen and oxygen atoms in total. The van der Waals surface area contributed by atoms with Crippen LogP contribution in [-0.4, -0.2) is 29.5 Å². The molecular formula is C23H23ClN2O3S. The smallest absolute Gasteiger partial charge is 0.307 e. The molecular weight excluding hydrogens is 420 g/mol. The molecule has 1 N–H and O–H groups in total. The number of rotatable bonds is 8. The molecule has 156 valence electrons. The van der Waals surface area contributed by atoms with Gasteiger partial charge in [-0.2, -0.15) is 0 Å². The largest absolute Gasteiger partial charge is 0.466 e. The summed E-state index contributed by atoms with van der Waals surface area (Å²) in [5, 5.41) is 4.46. The summed E-state index contributed by atoms with van der Waals surface area (Å²) in [4.78, 5) is 29.3. The number of aryl methyl sites for hydroxylation is 1. The number of hydrogen-bond acceptors (Lipinski definition) is 5. The van der Waals surface area contributed by atoms with E-state index in [1.807, 2.05) is 55.5 Å². The molecule has 3 rings (SSSR count). The Kier molecular flexibility index (Phi) is 7.60. The van der Waals surface area contributed by atoms with Crippen molar-refractivity contribution in [2.24, 2.45) is 0 Å². The number of carbonyl (C=O) groups is 2. The highest BCUT2D eigenvalue weighted by molar-refractivity contribution is 7.13. The molecule has 1 atom stereocenters. The van der Waals surface area contributed by atoms with Gasteiger partial charge < -0.3 is 10.1 Å². The first-order chi connectivity index (χ1) is 14.4. The lowest BCUT2D eigenvalue weighted by molar-refractivity contribution is -0.143. The van der Waals surface area contributed by atoms with Gasteiger partial charge in [-0.3, -0.25) is 9.59 Å². The zero-order valence-electron chi connectivity index (χ0n) is 16.9. The van der Waals surface area contributed by atoms with E-state index >= 15 is 0 Å². The number of nitrogens with one attached hydrogen (secondary N) is 1. The summed E-state index contributed by atoms with van der Waals surface area (Å²) in [6.45, 7) is 3.92. The highest BCUT2D eigenvalue weighted by Gasteiger charge is 2.20. The maximum atomic E-state index is 12.6. The molecule has 30 heavy (non-hydrogen) atoms. The minimum Gasteiger partial charge on any atom is -0.466 e. The molecule has 1 amide bonds. The second kappa shape index (κ2) is 10.4. The van der Waals surface area contributed by atoms with Crippen molar-refractivity contribution in [2.45, 2.75) is 32.7 Å². The topological polar surface area (TPSA) is 68.3 Å². The van der Waals surface area contributed by atoms with Crippen LogP contribution in [0.1, 0.15) is 33.6 Å². The molecule has 1 heterocycles. The second-order valence-electron chi connectivity index (χ2n) is 6.83. The Balaban J connectivity index is 1.73. The lowest BCUT2D eigenvalue weighted by Gasteiger charge is -2.18. The monoisotopic (exact) mass is 442 g/mol. The molecule has 0 radical (unpaired) electrons. The molecule has 2 aromatic carbocycles. The molecule has 0 bridgehead atoms. The maximum Gasteiger partial charge on any atom is 0.307 e. The summed E-state index contributed by atoms with van der Waals surface area (Å²) in [6, 6.07) is 15.3. The average molecular weight is 443 g/mol. The van der Waals surface area contributed by atoms with Crippen LogP contribution in [-0.2, 0) is 16.0 Å². The van der Waals surface area contributed by atoms with E-state index in [-0.39, 0.29) is 24.3 Å². The molecule has 1 aromatic heterocycles. The van der Waals surface area contributed by atoms with Crippen LogP contribution in [0.4, 0.5) is 0 Å². The molecule has 0 aliphatic heterocycles. The van der Waals surface area contributed by atoms with Gasteiger partial charge in [-0.15, -0.1) is 11.3 Å². The van der Waals surface area contributed by atoms with Crippen LogP contribution < -0.4 is 5.32 Å². The summed E-state index contributed by atoms with van der Waals surface area (Å²) >= 11 is 7.41. The van der Waals surface area contributed by atoms with Gasteiger partial charge in [0, 0.05) is 11.1 Å². The van der Waals surface area contributed by atoms with Crippen molar-refractivity contribution >= 4 is 34.8 Å². The first kappa shape index (κ1) is 22.0. The number of esters is 1. The van der Waals surface area contributed by atoms with Crippen LogP contribution in [0.2, 0.25) is 5.02 Å². The van der Waals surface area contributed by atoms with Gasteiger partial charge >= 0.3 is 5.97 Å². The number of aromatic nitrogens is 1. The first-order valence-corrected chi connectivity index (χ1v) is 10.9. The van der Waals surface area contributed by atoms with Crippen LogP contribution in [0.15, 0.2) is 54.7 Å². The van der Waals surface area contributed by atoms with Gasteiger partial charge in [0.15, 0.2) is 0 Å². The average Bonchev–Trinajstić information content (AvgIpc) is 3.15. The van der Waals surface area contributed by atoms with Crippen molar-refractivity contribution in [3.8, 4) is 11.1 Å². The molecule has 3 aromatic rings. The second-order valence-corrected chi connectivity index (χ2v) is 8.51. The third-order valence-electron chi connectivity index (χ3n) is 4.49. The molecule has 7 heteroatoms. The standard InChI is InChI=1S/C23H23ClN2O3S/c1-3-29-22(27)13-20(26-23(28)21-14-25-15(2)30-21)11-16-7-9-17(10-8-16)18-5-4-6-19(24)12-18/h4-10,12,14,20H,3,11,13H2,1-2H3,(H,26,28)/t20-/m1/s1. The van der Waals surface area contributed by atoms with E-state index in [4.69, 9.17) is 16.3 Å². The van der Waals surface area contributed by atoms with E-state index in [1.165, 1.54) is 11.3 Å². The normalized spacial score (nSPS) is 11.7. The van der Waals surface area contributed by atoms with Crippen molar-refractivity contribution < 1.29 is 14.3 Å². The molecule has 0 aliphatic rings. The number of halogens is 1. The van der Waals surface area contributed by atoms with E-state index in [9.17, 15) is 9.59 Å². The van der Waals surface area contributed by atoms with Crippen LogP contribution in [0.5, 0.6) is 0 Å². The van der Waals surface area contributed by atoms with E-state index in [0.29, 0.717) is 22.9 Å². The minimum atomic E-state index is -0.379. The fraction of sp³-hybridized carbons (Fsp3) is 0.261. The lowest BCUT2D eigenvalue weighted by Crippen LogP contribution is -2.38. The summed E-state index contributed by atoms with van der Waals surface area (Å²) in [5.41, 5.74) is 3.09. The Morgan fingerprint density at radius 2 is 1.93 bits per heavy atom. The predicted molar refractivity (Wildman–Crippen MR) is 120 cm³/mol. The fourth-order valence-electron chi connectivity index (χ4n) is 3.10. The number of nitrogens with zero attached hydrogens (tertiary/aromatic N) is 1. The van der Waals surface area contributed by atoms with Gasteiger partial charge in [-0.05, 0) is 49.1 Å². The number of carbonyl (C=O) groups excluding carboxylic acids is 2. The number of amides is 1. The Bertz CT molecular complexity index is 1020. The van der Waals surface area contributed by atoms with E-state index in [1.54, 1.807) is 13.1 Å². The zero-order chi connectivity index (χ0) is 21.5. The van der Waals surface area contributed by atoms with Gasteiger partial charge in [0.25, 0.3) is 5.91 Å². The number of thiazole rings is 1. The maximum absolute atomic E-state index is 12.6. The van der Waals surface area contributed by atoms with Crippen LogP contribution >= 0.6 is 22.9 Å². The number of hydrogen-bond donors (Lipinski definition) is 1. The highest BCUT2D eigenvalue weighted by Crippen LogP contribution is 2.23. The van der Waals surface area contributed by atoms with Crippen molar-refractivity contribution in [1.82, 2.24) is 10.3 Å². The van der Waals surface area contributed by atoms with Crippen LogP contribution in [0, 0.1) is 6.92 Å².